The van der Waals surface area contributed by atoms with E-state index >= 15 is 0 Å². The zero-order valence-corrected chi connectivity index (χ0v) is 15.9. The number of hydrogen-bond acceptors (Lipinski definition) is 6. The number of hydrogen-bond donors (Lipinski definition) is 2. The molecule has 0 spiro atoms. The van der Waals surface area contributed by atoms with Crippen LogP contribution >= 0.6 is 0 Å². The third kappa shape index (κ3) is 2.68. The van der Waals surface area contributed by atoms with Crippen molar-refractivity contribution >= 4 is 5.97 Å². The molecular weight excluding hydrogens is 364 g/mol. The summed E-state index contributed by atoms with van der Waals surface area (Å²) in [5, 5.41) is 21.9. The Morgan fingerprint density at radius 3 is 2.79 bits per heavy atom. The molecule has 1 saturated heterocycles. The minimum absolute atomic E-state index is 0.113. The number of nitrogens with zero attached hydrogens (tertiary/aromatic N) is 2. The highest BCUT2D eigenvalue weighted by atomic mass is 16.5. The van der Waals surface area contributed by atoms with E-state index in [1.54, 1.807) is 16.8 Å². The molecule has 3 heterocycles. The Hall–Kier alpha value is -2.84. The molecule has 0 bridgehead atoms. The van der Waals surface area contributed by atoms with Crippen molar-refractivity contribution in [2.24, 2.45) is 0 Å². The summed E-state index contributed by atoms with van der Waals surface area (Å²) < 4.78 is 12.7. The molecule has 1 aromatic heterocycles. The van der Waals surface area contributed by atoms with Gasteiger partial charge in [0.15, 0.2) is 5.43 Å². The number of carbonyl (C=O) groups is 1. The van der Waals surface area contributed by atoms with E-state index in [1.165, 1.54) is 19.4 Å². The largest absolute Gasteiger partial charge is 0.508 e. The Morgan fingerprint density at radius 2 is 2.11 bits per heavy atom. The van der Waals surface area contributed by atoms with E-state index in [4.69, 9.17) is 9.47 Å². The van der Waals surface area contributed by atoms with Crippen LogP contribution in [0, 0.1) is 0 Å². The monoisotopic (exact) mass is 386 g/mol. The van der Waals surface area contributed by atoms with Gasteiger partial charge in [0.25, 0.3) is 0 Å². The van der Waals surface area contributed by atoms with E-state index in [0.717, 1.165) is 11.1 Å². The molecule has 2 aliphatic heterocycles. The van der Waals surface area contributed by atoms with Gasteiger partial charge in [0.1, 0.15) is 11.3 Å². The van der Waals surface area contributed by atoms with Crippen LogP contribution in [0.4, 0.5) is 0 Å². The number of methoxy groups -OCH3 is 1. The Kier molecular flexibility index (Phi) is 4.20. The highest BCUT2D eigenvalue weighted by Gasteiger charge is 2.43. The molecule has 0 unspecified atom stereocenters. The van der Waals surface area contributed by atoms with E-state index in [0.29, 0.717) is 24.5 Å². The summed E-state index contributed by atoms with van der Waals surface area (Å²) in [6, 6.07) is 4.58. The van der Waals surface area contributed by atoms with E-state index in [1.807, 2.05) is 18.9 Å². The van der Waals surface area contributed by atoms with Crippen molar-refractivity contribution in [1.82, 2.24) is 4.68 Å². The number of morpholine rings is 1. The molecular formula is C20H22N2O6. The fraction of sp³-hybridized carbons (Fsp3) is 0.400. The molecule has 148 valence electrons. The summed E-state index contributed by atoms with van der Waals surface area (Å²) >= 11 is 0. The molecule has 8 heteroatoms. The van der Waals surface area contributed by atoms with Crippen molar-refractivity contribution in [2.45, 2.75) is 32.0 Å². The first kappa shape index (κ1) is 18.5. The van der Waals surface area contributed by atoms with Crippen molar-refractivity contribution in [3.63, 3.8) is 0 Å². The van der Waals surface area contributed by atoms with Crippen LogP contribution in [0.25, 0.3) is 11.3 Å². The molecule has 1 atom stereocenters. The molecule has 2 aliphatic rings. The molecule has 28 heavy (non-hydrogen) atoms. The summed E-state index contributed by atoms with van der Waals surface area (Å²) in [5.74, 6) is -1.15. The van der Waals surface area contributed by atoms with E-state index in [2.05, 4.69) is 0 Å². The number of aromatic hydroxyl groups is 1. The zero-order chi connectivity index (χ0) is 20.2. The molecule has 1 aromatic carbocycles. The summed E-state index contributed by atoms with van der Waals surface area (Å²) in [4.78, 5) is 24.0. The first-order chi connectivity index (χ1) is 13.2. The highest BCUT2D eigenvalue weighted by molar-refractivity contribution is 5.88. The van der Waals surface area contributed by atoms with Crippen molar-refractivity contribution in [3.05, 3.63) is 51.3 Å². The third-order valence-corrected chi connectivity index (χ3v) is 5.33. The van der Waals surface area contributed by atoms with Crippen molar-refractivity contribution in [1.29, 1.82) is 0 Å². The highest BCUT2D eigenvalue weighted by Crippen LogP contribution is 2.44. The van der Waals surface area contributed by atoms with Crippen LogP contribution in [0.1, 0.15) is 41.4 Å². The summed E-state index contributed by atoms with van der Waals surface area (Å²) in [7, 11) is 1.54. The lowest BCUT2D eigenvalue weighted by molar-refractivity contribution is 0.0176. The summed E-state index contributed by atoms with van der Waals surface area (Å²) in [6.45, 7) is 5.03. The van der Waals surface area contributed by atoms with Crippen molar-refractivity contribution in [3.8, 4) is 17.0 Å². The second kappa shape index (κ2) is 6.35. The molecule has 1 fully saturated rings. The van der Waals surface area contributed by atoms with Gasteiger partial charge < -0.3 is 19.7 Å². The number of ether oxygens (including phenoxy) is 2. The first-order valence-corrected chi connectivity index (χ1v) is 8.97. The van der Waals surface area contributed by atoms with Gasteiger partial charge in [-0.05, 0) is 31.5 Å². The smallest absolute Gasteiger partial charge is 0.341 e. The molecule has 2 N–H and O–H groups in total. The molecule has 0 amide bonds. The number of aromatic carboxylic acids is 1. The van der Waals surface area contributed by atoms with Crippen LogP contribution in [0.5, 0.6) is 5.75 Å². The maximum Gasteiger partial charge on any atom is 0.341 e. The van der Waals surface area contributed by atoms with Gasteiger partial charge in [-0.2, -0.15) is 0 Å². The number of rotatable bonds is 3. The van der Waals surface area contributed by atoms with Gasteiger partial charge in [-0.1, -0.05) is 0 Å². The van der Waals surface area contributed by atoms with E-state index in [-0.39, 0.29) is 24.0 Å². The lowest BCUT2D eigenvalue weighted by Crippen LogP contribution is -2.61. The van der Waals surface area contributed by atoms with E-state index < -0.39 is 16.9 Å². The van der Waals surface area contributed by atoms with Gasteiger partial charge in [-0.25, -0.2) is 4.79 Å². The predicted molar refractivity (Wildman–Crippen MR) is 101 cm³/mol. The molecule has 4 rings (SSSR count). The molecule has 2 aromatic rings. The first-order valence-electron chi connectivity index (χ1n) is 8.97. The number of fused-ring (bicyclic) bond motifs is 6. The molecule has 0 aliphatic carbocycles. The number of carboxylic acid groups (broad SMARTS) is 1. The van der Waals surface area contributed by atoms with Gasteiger partial charge in [0, 0.05) is 30.5 Å². The molecule has 8 nitrogen and oxygen atoms in total. The number of aromatic nitrogens is 1. The van der Waals surface area contributed by atoms with Gasteiger partial charge >= 0.3 is 5.97 Å². The normalized spacial score (nSPS) is 19.5. The van der Waals surface area contributed by atoms with Crippen LogP contribution in [0.15, 0.2) is 29.2 Å². The third-order valence-electron chi connectivity index (χ3n) is 5.33. The summed E-state index contributed by atoms with van der Waals surface area (Å²) in [5.41, 5.74) is 1.44. The van der Waals surface area contributed by atoms with Gasteiger partial charge in [-0.15, -0.1) is 0 Å². The van der Waals surface area contributed by atoms with Crippen molar-refractivity contribution in [2.75, 3.05) is 25.3 Å². The van der Waals surface area contributed by atoms with Gasteiger partial charge in [0.05, 0.1) is 37.1 Å². The molecule has 0 saturated carbocycles. The van der Waals surface area contributed by atoms with Crippen LogP contribution in [-0.4, -0.2) is 46.7 Å². The maximum atomic E-state index is 12.4. The second-order valence-corrected chi connectivity index (χ2v) is 7.78. The quantitative estimate of drug-likeness (QED) is 0.830. The van der Waals surface area contributed by atoms with Gasteiger partial charge in [0.2, 0.25) is 0 Å². The average Bonchev–Trinajstić information content (AvgIpc) is 2.62. The minimum Gasteiger partial charge on any atom is -0.508 e. The molecule has 0 radical (unpaired) electrons. The van der Waals surface area contributed by atoms with Crippen molar-refractivity contribution < 1.29 is 24.5 Å². The number of benzene rings is 1. The summed E-state index contributed by atoms with van der Waals surface area (Å²) in [6.07, 6.45) is 1.38. The number of phenolic OH excluding ortho intramolecular Hbond substituents is 1. The fourth-order valence-electron chi connectivity index (χ4n) is 4.12. The Morgan fingerprint density at radius 1 is 1.36 bits per heavy atom. The van der Waals surface area contributed by atoms with Crippen LogP contribution in [-0.2, 0) is 16.1 Å². The minimum atomic E-state index is -1.26. The fourth-order valence-corrected chi connectivity index (χ4v) is 4.12. The zero-order valence-electron chi connectivity index (χ0n) is 15.9. The lowest BCUT2D eigenvalue weighted by Gasteiger charge is -2.53. The van der Waals surface area contributed by atoms with Gasteiger partial charge in [-0.3, -0.25) is 14.5 Å². The average molecular weight is 386 g/mol. The Bertz CT molecular complexity index is 1030. The van der Waals surface area contributed by atoms with Crippen LogP contribution in [0.3, 0.4) is 0 Å². The van der Waals surface area contributed by atoms with Crippen LogP contribution in [0.2, 0.25) is 0 Å². The van der Waals surface area contributed by atoms with E-state index in [9.17, 15) is 19.8 Å². The van der Waals surface area contributed by atoms with Crippen LogP contribution < -0.4 is 10.4 Å². The SMILES string of the molecule is COCc1cc2c(cc1O)[C@H]1COCC(C)(C)N1n1cc(C(=O)O)c(=O)cc1-2. The number of carboxylic acids is 1. The number of pyridine rings is 1. The second-order valence-electron chi connectivity index (χ2n) is 7.78. The Balaban J connectivity index is 2.04. The Labute approximate surface area is 161 Å². The maximum absolute atomic E-state index is 12.4. The predicted octanol–water partition coefficient (Wildman–Crippen LogP) is 1.87. The number of phenols is 1. The standard InChI is InChI=1S/C20H22N2O6/c1-20(2)10-28-9-16-13-5-17(23)11(8-27-3)4-12(13)15-6-18(24)14(19(25)26)7-21(15)22(16)20/h4-7,16,23H,8-10H2,1-3H3,(H,25,26)/t16-/m1/s1. The lowest BCUT2D eigenvalue weighted by atomic mass is 9.89. The topological polar surface area (TPSA) is 101 Å².